The van der Waals surface area contributed by atoms with Crippen LogP contribution in [0.5, 0.6) is 0 Å². The van der Waals surface area contributed by atoms with E-state index in [0.717, 1.165) is 0 Å². The number of nitrogens with one attached hydrogen (secondary N) is 1. The van der Waals surface area contributed by atoms with Gasteiger partial charge in [0, 0.05) is 19.8 Å². The molecule has 1 atom stereocenters. The van der Waals surface area contributed by atoms with Gasteiger partial charge in [0.15, 0.2) is 6.29 Å². The largest absolute Gasteiger partial charge is 0.354 e. The molecule has 1 N–H and O–H groups in total. The Balaban J connectivity index is 2.73. The first-order valence-electron chi connectivity index (χ1n) is 5.31. The van der Waals surface area contributed by atoms with E-state index in [-0.39, 0.29) is 11.9 Å². The van der Waals surface area contributed by atoms with Gasteiger partial charge in [-0.25, -0.2) is 0 Å². The van der Waals surface area contributed by atoms with Crippen LogP contribution in [-0.4, -0.2) is 32.5 Å². The van der Waals surface area contributed by atoms with Gasteiger partial charge in [0.1, 0.15) is 0 Å². The smallest absolute Gasteiger partial charge is 0.251 e. The summed E-state index contributed by atoms with van der Waals surface area (Å²) in [5, 5.41) is 3.50. The molecule has 1 rings (SSSR count). The van der Waals surface area contributed by atoms with Crippen LogP contribution in [0, 0.1) is 0 Å². The number of amides is 1. The fourth-order valence-corrected chi connectivity index (χ4v) is 1.80. The third kappa shape index (κ3) is 3.85. The lowest BCUT2D eigenvalue weighted by Gasteiger charge is -2.22. The normalized spacial score (nSPS) is 12.6. The van der Waals surface area contributed by atoms with Gasteiger partial charge in [-0.3, -0.25) is 4.79 Å². The molecule has 1 amide bonds. The number of hydrogen-bond acceptors (Lipinski definition) is 3. The molecule has 0 aliphatic rings. The Morgan fingerprint density at radius 1 is 1.22 bits per heavy atom. The monoisotopic (exact) mass is 291 g/mol. The van der Waals surface area contributed by atoms with Gasteiger partial charge >= 0.3 is 0 Å². The predicted molar refractivity (Wildman–Crippen MR) is 71.2 cm³/mol. The number of methoxy groups -OCH3 is 2. The number of carbonyl (C=O) groups is 1. The van der Waals surface area contributed by atoms with E-state index in [4.69, 9.17) is 32.7 Å². The SMILES string of the molecule is COC(OC)[C@@H](C)NC(=O)c1ccc(Cl)c(Cl)c1. The molecule has 100 valence electrons. The minimum Gasteiger partial charge on any atom is -0.354 e. The van der Waals surface area contributed by atoms with E-state index < -0.39 is 6.29 Å². The number of carbonyl (C=O) groups excluding carboxylic acids is 1. The van der Waals surface area contributed by atoms with E-state index in [1.54, 1.807) is 19.1 Å². The number of ether oxygens (including phenoxy) is 2. The highest BCUT2D eigenvalue weighted by molar-refractivity contribution is 6.42. The maximum absolute atomic E-state index is 11.9. The van der Waals surface area contributed by atoms with Gasteiger partial charge in [-0.15, -0.1) is 0 Å². The Morgan fingerprint density at radius 2 is 1.83 bits per heavy atom. The average molecular weight is 292 g/mol. The first-order valence-corrected chi connectivity index (χ1v) is 6.06. The Morgan fingerprint density at radius 3 is 2.33 bits per heavy atom. The van der Waals surface area contributed by atoms with Crippen LogP contribution < -0.4 is 5.32 Å². The van der Waals surface area contributed by atoms with Crippen molar-refractivity contribution < 1.29 is 14.3 Å². The van der Waals surface area contributed by atoms with Crippen molar-refractivity contribution in [2.24, 2.45) is 0 Å². The maximum atomic E-state index is 11.9. The number of hydrogen-bond donors (Lipinski definition) is 1. The van der Waals surface area contributed by atoms with E-state index >= 15 is 0 Å². The Hall–Kier alpha value is -0.810. The zero-order chi connectivity index (χ0) is 13.7. The molecule has 0 heterocycles. The van der Waals surface area contributed by atoms with E-state index in [2.05, 4.69) is 5.32 Å². The third-order valence-electron chi connectivity index (χ3n) is 2.41. The number of halogens is 2. The first kappa shape index (κ1) is 15.2. The molecule has 1 aromatic rings. The van der Waals surface area contributed by atoms with Crippen LogP contribution >= 0.6 is 23.2 Å². The summed E-state index contributed by atoms with van der Waals surface area (Å²) >= 11 is 11.6. The Kier molecular flexibility index (Phi) is 5.88. The quantitative estimate of drug-likeness (QED) is 0.849. The van der Waals surface area contributed by atoms with Crippen molar-refractivity contribution in [2.75, 3.05) is 14.2 Å². The minimum atomic E-state index is -0.503. The third-order valence-corrected chi connectivity index (χ3v) is 3.15. The lowest BCUT2D eigenvalue weighted by molar-refractivity contribution is -0.117. The van der Waals surface area contributed by atoms with Gasteiger partial charge in [-0.1, -0.05) is 23.2 Å². The predicted octanol–water partition coefficient (Wildman–Crippen LogP) is 2.73. The zero-order valence-electron chi connectivity index (χ0n) is 10.4. The topological polar surface area (TPSA) is 47.6 Å². The van der Waals surface area contributed by atoms with E-state index in [9.17, 15) is 4.79 Å². The molecule has 0 spiro atoms. The molecule has 0 aliphatic heterocycles. The van der Waals surface area contributed by atoms with Gasteiger partial charge in [-0.05, 0) is 25.1 Å². The zero-order valence-corrected chi connectivity index (χ0v) is 11.9. The van der Waals surface area contributed by atoms with Crippen LogP contribution in [-0.2, 0) is 9.47 Å². The lowest BCUT2D eigenvalue weighted by atomic mass is 10.2. The molecule has 0 unspecified atom stereocenters. The molecule has 0 fully saturated rings. The molecule has 0 radical (unpaired) electrons. The molecule has 1 aromatic carbocycles. The fourth-order valence-electron chi connectivity index (χ4n) is 1.50. The summed E-state index contributed by atoms with van der Waals surface area (Å²) in [5.74, 6) is -0.264. The van der Waals surface area contributed by atoms with E-state index in [1.807, 2.05) is 0 Å². The van der Waals surface area contributed by atoms with Crippen LogP contribution in [0.4, 0.5) is 0 Å². The summed E-state index contributed by atoms with van der Waals surface area (Å²) in [6, 6.07) is 4.40. The van der Waals surface area contributed by atoms with Gasteiger partial charge in [0.2, 0.25) is 0 Å². The van der Waals surface area contributed by atoms with Gasteiger partial charge in [0.25, 0.3) is 5.91 Å². The summed E-state index contributed by atoms with van der Waals surface area (Å²) in [4.78, 5) is 11.9. The summed E-state index contributed by atoms with van der Waals surface area (Å²) in [7, 11) is 3.02. The molecule has 0 saturated heterocycles. The van der Waals surface area contributed by atoms with Crippen molar-refractivity contribution >= 4 is 29.1 Å². The second-order valence-corrected chi connectivity index (χ2v) is 4.55. The molecule has 4 nitrogen and oxygen atoms in total. The van der Waals surface area contributed by atoms with Crippen LogP contribution in [0.1, 0.15) is 17.3 Å². The Labute approximate surface area is 116 Å². The number of rotatable bonds is 5. The fraction of sp³-hybridized carbons (Fsp3) is 0.417. The van der Waals surface area contributed by atoms with Crippen molar-refractivity contribution in [3.63, 3.8) is 0 Å². The molecule has 0 bridgehead atoms. The standard InChI is InChI=1S/C12H15Cl2NO3/c1-7(12(17-2)18-3)15-11(16)8-4-5-9(13)10(14)6-8/h4-7,12H,1-3H3,(H,15,16)/t7-/m1/s1. The molecule has 0 saturated carbocycles. The molecule has 0 aromatic heterocycles. The van der Waals surface area contributed by atoms with Crippen LogP contribution in [0.2, 0.25) is 10.0 Å². The van der Waals surface area contributed by atoms with Crippen molar-refractivity contribution in [1.29, 1.82) is 0 Å². The van der Waals surface area contributed by atoms with Crippen LogP contribution in [0.3, 0.4) is 0 Å². The summed E-state index contributed by atoms with van der Waals surface area (Å²) in [6.07, 6.45) is -0.503. The number of benzene rings is 1. The Bertz CT molecular complexity index is 422. The van der Waals surface area contributed by atoms with Gasteiger partial charge in [0.05, 0.1) is 16.1 Å². The van der Waals surface area contributed by atoms with Gasteiger partial charge in [-0.2, -0.15) is 0 Å². The van der Waals surface area contributed by atoms with Crippen molar-refractivity contribution in [3.05, 3.63) is 33.8 Å². The maximum Gasteiger partial charge on any atom is 0.251 e. The molecule has 18 heavy (non-hydrogen) atoms. The minimum absolute atomic E-state index is 0.264. The lowest BCUT2D eigenvalue weighted by Crippen LogP contribution is -2.42. The average Bonchev–Trinajstić information content (AvgIpc) is 2.34. The highest BCUT2D eigenvalue weighted by Crippen LogP contribution is 2.22. The summed E-state index contributed by atoms with van der Waals surface area (Å²) in [5.41, 5.74) is 0.433. The molecular weight excluding hydrogens is 277 g/mol. The van der Waals surface area contributed by atoms with Crippen molar-refractivity contribution in [2.45, 2.75) is 19.3 Å². The van der Waals surface area contributed by atoms with Gasteiger partial charge < -0.3 is 14.8 Å². The highest BCUT2D eigenvalue weighted by atomic mass is 35.5. The van der Waals surface area contributed by atoms with Crippen LogP contribution in [0.25, 0.3) is 0 Å². The summed E-state index contributed by atoms with van der Waals surface area (Å²) < 4.78 is 10.1. The van der Waals surface area contributed by atoms with Crippen molar-refractivity contribution in [1.82, 2.24) is 5.32 Å². The molecular formula is C12H15Cl2NO3. The molecule has 0 aliphatic carbocycles. The van der Waals surface area contributed by atoms with E-state index in [1.165, 1.54) is 20.3 Å². The first-order chi connectivity index (χ1) is 8.49. The molecule has 6 heteroatoms. The second-order valence-electron chi connectivity index (χ2n) is 3.73. The summed E-state index contributed by atoms with van der Waals surface area (Å²) in [6.45, 7) is 1.78. The van der Waals surface area contributed by atoms with Crippen molar-refractivity contribution in [3.8, 4) is 0 Å². The second kappa shape index (κ2) is 6.95. The highest BCUT2D eigenvalue weighted by Gasteiger charge is 2.19. The van der Waals surface area contributed by atoms with E-state index in [0.29, 0.717) is 15.6 Å². The van der Waals surface area contributed by atoms with Crippen LogP contribution in [0.15, 0.2) is 18.2 Å².